The number of rotatable bonds is 4. The number of thiophene rings is 1. The molecule has 3 heterocycles. The molecule has 9 heteroatoms. The number of anilines is 2. The van der Waals surface area contributed by atoms with Crippen molar-refractivity contribution in [2.75, 3.05) is 25.6 Å². The second-order valence-corrected chi connectivity index (χ2v) is 7.55. The quantitative estimate of drug-likeness (QED) is 0.190. The molecule has 8 nitrogen and oxygen atoms in total. The lowest BCUT2D eigenvalue weighted by molar-refractivity contribution is 0.171. The van der Waals surface area contributed by atoms with E-state index in [0.29, 0.717) is 19.0 Å². The summed E-state index contributed by atoms with van der Waals surface area (Å²) in [4.78, 5) is 4.88. The molecule has 1 aliphatic rings. The van der Waals surface area contributed by atoms with E-state index in [1.165, 1.54) is 0 Å². The van der Waals surface area contributed by atoms with E-state index >= 15 is 0 Å². The molecule has 3 N–H and O–H groups in total. The number of ether oxygens (including phenoxy) is 2. The van der Waals surface area contributed by atoms with E-state index in [2.05, 4.69) is 32.4 Å². The van der Waals surface area contributed by atoms with Gasteiger partial charge in [0.25, 0.3) is 0 Å². The van der Waals surface area contributed by atoms with E-state index in [-0.39, 0.29) is 0 Å². The van der Waals surface area contributed by atoms with Gasteiger partial charge in [0.1, 0.15) is 19.0 Å². The SMILES string of the molecule is CN/C(=N\N=N)c1ccc2c(c1)nc(Nc1ccc3c(c1)OCCO3)c1ccsc12. The van der Waals surface area contributed by atoms with Crippen molar-refractivity contribution in [3.63, 3.8) is 0 Å². The Kier molecular flexibility index (Phi) is 4.64. The topological polar surface area (TPSA) is 104 Å². The molecule has 5 rings (SSSR count). The fourth-order valence-electron chi connectivity index (χ4n) is 3.50. The van der Waals surface area contributed by atoms with Gasteiger partial charge in [0.05, 0.1) is 5.52 Å². The van der Waals surface area contributed by atoms with E-state index in [1.807, 2.05) is 36.4 Å². The van der Waals surface area contributed by atoms with Gasteiger partial charge < -0.3 is 20.1 Å². The first-order chi connectivity index (χ1) is 14.8. The standard InChI is InChI=1S/C21H18N6O2S/c1-23-20(26-27-22)12-2-4-14-16(10-12)25-21(15-6-9-30-19(14)15)24-13-3-5-17-18(11-13)29-8-7-28-17/h2-6,9-11H,7-8H2,1H3,(H,24,25)(H2,22,23,26). The zero-order valence-corrected chi connectivity index (χ0v) is 16.9. The van der Waals surface area contributed by atoms with Gasteiger partial charge in [0.2, 0.25) is 0 Å². The zero-order chi connectivity index (χ0) is 20.5. The van der Waals surface area contributed by atoms with Crippen LogP contribution in [0.2, 0.25) is 0 Å². The molecule has 0 atom stereocenters. The van der Waals surface area contributed by atoms with E-state index in [4.69, 9.17) is 20.0 Å². The van der Waals surface area contributed by atoms with Gasteiger partial charge in [-0.15, -0.1) is 16.4 Å². The van der Waals surface area contributed by atoms with Gasteiger partial charge in [-0.25, -0.2) is 4.98 Å². The minimum atomic E-state index is 0.515. The Hall–Kier alpha value is -3.72. The van der Waals surface area contributed by atoms with Crippen molar-refractivity contribution in [3.8, 4) is 11.5 Å². The van der Waals surface area contributed by atoms with Crippen molar-refractivity contribution in [2.45, 2.75) is 0 Å². The van der Waals surface area contributed by atoms with E-state index < -0.39 is 0 Å². The smallest absolute Gasteiger partial charge is 0.163 e. The van der Waals surface area contributed by atoms with Gasteiger partial charge in [-0.05, 0) is 29.6 Å². The lowest BCUT2D eigenvalue weighted by Crippen LogP contribution is -2.19. The lowest BCUT2D eigenvalue weighted by atomic mass is 10.1. The molecule has 0 spiro atoms. The second kappa shape index (κ2) is 7.60. The average molecular weight is 418 g/mol. The summed E-state index contributed by atoms with van der Waals surface area (Å²) in [6.07, 6.45) is 0. The van der Waals surface area contributed by atoms with Crippen molar-refractivity contribution >= 4 is 49.7 Å². The van der Waals surface area contributed by atoms with Crippen LogP contribution in [-0.2, 0) is 0 Å². The van der Waals surface area contributed by atoms with Crippen molar-refractivity contribution in [2.24, 2.45) is 10.3 Å². The molecule has 150 valence electrons. The number of fused-ring (bicyclic) bond motifs is 4. The monoisotopic (exact) mass is 418 g/mol. The zero-order valence-electron chi connectivity index (χ0n) is 16.1. The molecule has 0 saturated heterocycles. The number of benzene rings is 2. The highest BCUT2D eigenvalue weighted by Crippen LogP contribution is 2.37. The van der Waals surface area contributed by atoms with Crippen LogP contribution in [0.3, 0.4) is 0 Å². The van der Waals surface area contributed by atoms with Gasteiger partial charge in [0, 0.05) is 39.8 Å². The van der Waals surface area contributed by atoms with E-state index in [0.717, 1.165) is 49.6 Å². The molecule has 0 bridgehead atoms. The molecule has 0 saturated carbocycles. The summed E-state index contributed by atoms with van der Waals surface area (Å²) in [5, 5.41) is 17.6. The normalized spacial score (nSPS) is 13.4. The van der Waals surface area contributed by atoms with Crippen LogP contribution >= 0.6 is 11.3 Å². The Morgan fingerprint density at radius 3 is 2.77 bits per heavy atom. The number of aromatic nitrogens is 1. The number of pyridine rings is 1. The van der Waals surface area contributed by atoms with Gasteiger partial charge in [0.15, 0.2) is 17.3 Å². The highest BCUT2D eigenvalue weighted by Gasteiger charge is 2.15. The van der Waals surface area contributed by atoms with Crippen LogP contribution in [-0.4, -0.2) is 31.1 Å². The fourth-order valence-corrected chi connectivity index (χ4v) is 4.44. The van der Waals surface area contributed by atoms with E-state index in [9.17, 15) is 0 Å². The Bertz CT molecular complexity index is 1300. The average Bonchev–Trinajstić information content (AvgIpc) is 3.28. The van der Waals surface area contributed by atoms with Crippen molar-refractivity contribution < 1.29 is 9.47 Å². The second-order valence-electron chi connectivity index (χ2n) is 6.64. The van der Waals surface area contributed by atoms with Crippen LogP contribution in [0.4, 0.5) is 11.5 Å². The maximum Gasteiger partial charge on any atom is 0.163 e. The largest absolute Gasteiger partial charge is 0.486 e. The van der Waals surface area contributed by atoms with Crippen molar-refractivity contribution in [1.29, 1.82) is 5.53 Å². The fraction of sp³-hybridized carbons (Fsp3) is 0.143. The molecule has 4 aromatic rings. The first kappa shape index (κ1) is 18.3. The summed E-state index contributed by atoms with van der Waals surface area (Å²) < 4.78 is 12.5. The number of hydrogen-bond donors (Lipinski definition) is 3. The molecule has 1 aliphatic heterocycles. The van der Waals surface area contributed by atoms with Gasteiger partial charge in [-0.2, -0.15) is 5.53 Å². The minimum Gasteiger partial charge on any atom is -0.486 e. The van der Waals surface area contributed by atoms with Crippen LogP contribution in [0, 0.1) is 5.53 Å². The van der Waals surface area contributed by atoms with Crippen LogP contribution in [0.5, 0.6) is 11.5 Å². The molecule has 0 unspecified atom stereocenters. The highest BCUT2D eigenvalue weighted by atomic mass is 32.1. The van der Waals surface area contributed by atoms with Gasteiger partial charge in [-0.1, -0.05) is 17.4 Å². The first-order valence-corrected chi connectivity index (χ1v) is 10.2. The minimum absolute atomic E-state index is 0.515. The van der Waals surface area contributed by atoms with Crippen LogP contribution < -0.4 is 20.1 Å². The summed E-state index contributed by atoms with van der Waals surface area (Å²) in [6.45, 7) is 1.11. The molecule has 0 fully saturated rings. The van der Waals surface area contributed by atoms with Gasteiger partial charge in [-0.3, -0.25) is 0 Å². The summed E-state index contributed by atoms with van der Waals surface area (Å²) in [5.74, 6) is 2.76. The molecular weight excluding hydrogens is 400 g/mol. The highest BCUT2D eigenvalue weighted by molar-refractivity contribution is 7.18. The third-order valence-corrected chi connectivity index (χ3v) is 5.81. The maximum absolute atomic E-state index is 7.02. The molecule has 2 aromatic heterocycles. The Morgan fingerprint density at radius 1 is 1.07 bits per heavy atom. The van der Waals surface area contributed by atoms with Crippen molar-refractivity contribution in [3.05, 3.63) is 53.4 Å². The van der Waals surface area contributed by atoms with Gasteiger partial charge >= 0.3 is 0 Å². The molecule has 2 aromatic carbocycles. The third kappa shape index (κ3) is 3.18. The lowest BCUT2D eigenvalue weighted by Gasteiger charge is -2.19. The summed E-state index contributed by atoms with van der Waals surface area (Å²) in [5.41, 5.74) is 9.53. The van der Waals surface area contributed by atoms with Crippen LogP contribution in [0.25, 0.3) is 21.0 Å². The number of nitrogens with one attached hydrogen (secondary N) is 3. The predicted octanol–water partition coefficient (Wildman–Crippen LogP) is 4.88. The molecule has 30 heavy (non-hydrogen) atoms. The van der Waals surface area contributed by atoms with Crippen LogP contribution in [0.1, 0.15) is 5.56 Å². The first-order valence-electron chi connectivity index (χ1n) is 9.37. The molecule has 0 amide bonds. The Labute approximate surface area is 176 Å². The maximum atomic E-state index is 7.02. The Balaban J connectivity index is 1.61. The third-order valence-electron chi connectivity index (χ3n) is 4.86. The number of nitrogens with zero attached hydrogens (tertiary/aromatic N) is 3. The summed E-state index contributed by atoms with van der Waals surface area (Å²) in [6, 6.07) is 13.8. The summed E-state index contributed by atoms with van der Waals surface area (Å²) >= 11 is 1.68. The number of hydrogen-bond acceptors (Lipinski definition) is 7. The Morgan fingerprint density at radius 2 is 1.93 bits per heavy atom. The number of amidine groups is 1. The van der Waals surface area contributed by atoms with E-state index in [1.54, 1.807) is 18.4 Å². The molecule has 0 radical (unpaired) electrons. The predicted molar refractivity (Wildman–Crippen MR) is 119 cm³/mol. The molecule has 0 aliphatic carbocycles. The summed E-state index contributed by atoms with van der Waals surface area (Å²) in [7, 11) is 1.75. The van der Waals surface area contributed by atoms with Crippen LogP contribution in [0.15, 0.2) is 58.2 Å². The molecular formula is C21H18N6O2S. The van der Waals surface area contributed by atoms with Crippen molar-refractivity contribution in [1.82, 2.24) is 10.3 Å².